The lowest BCUT2D eigenvalue weighted by molar-refractivity contribution is -0.0820. The maximum atomic E-state index is 13.4. The third-order valence-electron chi connectivity index (χ3n) is 5.39. The van der Waals surface area contributed by atoms with Crippen molar-refractivity contribution in [2.45, 2.75) is 19.1 Å². The largest absolute Gasteiger partial charge is 0.379 e. The van der Waals surface area contributed by atoms with E-state index in [2.05, 4.69) is 14.9 Å². The normalized spacial score (nSPS) is 23.1. The van der Waals surface area contributed by atoms with E-state index in [-0.39, 0.29) is 23.5 Å². The average molecular weight is 398 g/mol. The summed E-state index contributed by atoms with van der Waals surface area (Å²) in [5.74, 6) is -0.199. The lowest BCUT2D eigenvalue weighted by Crippen LogP contribution is -2.53. The maximum absolute atomic E-state index is 13.4. The zero-order chi connectivity index (χ0) is 20.2. The molecule has 0 saturated carbocycles. The van der Waals surface area contributed by atoms with Crippen LogP contribution >= 0.6 is 0 Å². The molecule has 2 aromatic heterocycles. The third-order valence-corrected chi connectivity index (χ3v) is 5.39. The highest BCUT2D eigenvalue weighted by molar-refractivity contribution is 5.92. The number of ether oxygens (including phenoxy) is 2. The molecule has 29 heavy (non-hydrogen) atoms. The van der Waals surface area contributed by atoms with E-state index in [4.69, 9.17) is 9.47 Å². The van der Waals surface area contributed by atoms with Crippen molar-refractivity contribution in [1.82, 2.24) is 19.8 Å². The number of hydrogen-bond donors (Lipinski definition) is 1. The number of rotatable bonds is 4. The second-order valence-electron chi connectivity index (χ2n) is 7.46. The molecule has 0 aromatic carbocycles. The van der Waals surface area contributed by atoms with Crippen LogP contribution in [0.3, 0.4) is 0 Å². The number of morpholine rings is 2. The first-order valence-electron chi connectivity index (χ1n) is 9.95. The summed E-state index contributed by atoms with van der Waals surface area (Å²) >= 11 is 0. The van der Waals surface area contributed by atoms with Gasteiger partial charge >= 0.3 is 0 Å². The van der Waals surface area contributed by atoms with Crippen molar-refractivity contribution in [3.8, 4) is 0 Å². The second-order valence-corrected chi connectivity index (χ2v) is 7.46. The highest BCUT2D eigenvalue weighted by Gasteiger charge is 2.38. The molecule has 2 aliphatic rings. The van der Waals surface area contributed by atoms with Gasteiger partial charge in [-0.2, -0.15) is 0 Å². The van der Waals surface area contributed by atoms with Crippen molar-refractivity contribution in [3.05, 3.63) is 63.8 Å². The summed E-state index contributed by atoms with van der Waals surface area (Å²) in [4.78, 5) is 36.7. The minimum atomic E-state index is -0.281. The number of aromatic amines is 1. The van der Waals surface area contributed by atoms with E-state index in [1.165, 1.54) is 12.1 Å². The first-order valence-corrected chi connectivity index (χ1v) is 9.95. The van der Waals surface area contributed by atoms with Gasteiger partial charge < -0.3 is 19.4 Å². The molecule has 0 spiro atoms. The SMILES string of the molecule is Cc1cc(=O)cc(C(=O)N2CCO[C@@H](CN3CCOCC3)[C@@H]2c2cccnc2)[nH]1. The van der Waals surface area contributed by atoms with Crippen LogP contribution in [0.1, 0.15) is 27.8 Å². The van der Waals surface area contributed by atoms with E-state index >= 15 is 0 Å². The van der Waals surface area contributed by atoms with Crippen LogP contribution in [0.15, 0.2) is 41.5 Å². The van der Waals surface area contributed by atoms with Crippen molar-refractivity contribution in [3.63, 3.8) is 0 Å². The molecule has 2 fully saturated rings. The molecule has 2 atom stereocenters. The number of hydrogen-bond acceptors (Lipinski definition) is 6. The molecule has 2 aromatic rings. The van der Waals surface area contributed by atoms with Gasteiger partial charge in [-0.3, -0.25) is 19.5 Å². The molecule has 1 amide bonds. The van der Waals surface area contributed by atoms with E-state index in [0.29, 0.717) is 44.3 Å². The van der Waals surface area contributed by atoms with Gasteiger partial charge in [-0.15, -0.1) is 0 Å². The lowest BCUT2D eigenvalue weighted by Gasteiger charge is -2.43. The monoisotopic (exact) mass is 398 g/mol. The summed E-state index contributed by atoms with van der Waals surface area (Å²) in [7, 11) is 0. The molecule has 4 heterocycles. The summed E-state index contributed by atoms with van der Waals surface area (Å²) in [6, 6.07) is 6.40. The predicted octanol–water partition coefficient (Wildman–Crippen LogP) is 0.993. The topological polar surface area (TPSA) is 87.8 Å². The Morgan fingerprint density at radius 1 is 1.24 bits per heavy atom. The molecule has 154 valence electrons. The summed E-state index contributed by atoms with van der Waals surface area (Å²) in [6.07, 6.45) is 3.31. The molecule has 0 unspecified atom stereocenters. The number of nitrogens with zero attached hydrogens (tertiary/aromatic N) is 3. The Kier molecular flexibility index (Phi) is 6.03. The number of pyridine rings is 2. The fourth-order valence-corrected chi connectivity index (χ4v) is 4.05. The summed E-state index contributed by atoms with van der Waals surface area (Å²) in [5.41, 5.74) is 1.71. The highest BCUT2D eigenvalue weighted by atomic mass is 16.5. The Morgan fingerprint density at radius 2 is 2.07 bits per heavy atom. The average Bonchev–Trinajstić information content (AvgIpc) is 2.74. The number of aryl methyl sites for hydroxylation is 1. The van der Waals surface area contributed by atoms with Crippen LogP contribution in [0.25, 0.3) is 0 Å². The Morgan fingerprint density at radius 3 is 2.79 bits per heavy atom. The first kappa shape index (κ1) is 19.8. The summed E-state index contributed by atoms with van der Waals surface area (Å²) < 4.78 is 11.6. The van der Waals surface area contributed by atoms with Gasteiger partial charge in [0.05, 0.1) is 32.0 Å². The van der Waals surface area contributed by atoms with Crippen LogP contribution in [-0.2, 0) is 9.47 Å². The van der Waals surface area contributed by atoms with E-state index in [1.54, 1.807) is 24.2 Å². The Hall–Kier alpha value is -2.55. The van der Waals surface area contributed by atoms with Gasteiger partial charge in [0.15, 0.2) is 5.43 Å². The first-order chi connectivity index (χ1) is 14.1. The molecule has 4 rings (SSSR count). The van der Waals surface area contributed by atoms with Gasteiger partial charge in [-0.25, -0.2) is 0 Å². The van der Waals surface area contributed by atoms with E-state index in [0.717, 1.165) is 18.7 Å². The number of amides is 1. The Labute approximate surface area is 169 Å². The third kappa shape index (κ3) is 4.55. The van der Waals surface area contributed by atoms with Crippen molar-refractivity contribution >= 4 is 5.91 Å². The zero-order valence-corrected chi connectivity index (χ0v) is 16.5. The zero-order valence-electron chi connectivity index (χ0n) is 16.5. The molecule has 8 nitrogen and oxygen atoms in total. The van der Waals surface area contributed by atoms with Crippen molar-refractivity contribution in [2.75, 3.05) is 46.0 Å². The van der Waals surface area contributed by atoms with Crippen LogP contribution < -0.4 is 5.43 Å². The summed E-state index contributed by atoms with van der Waals surface area (Å²) in [6.45, 7) is 6.49. The molecular weight excluding hydrogens is 372 g/mol. The molecule has 0 bridgehead atoms. The minimum Gasteiger partial charge on any atom is -0.379 e. The molecule has 0 radical (unpaired) electrons. The second kappa shape index (κ2) is 8.86. The van der Waals surface area contributed by atoms with Gasteiger partial charge in [-0.1, -0.05) is 6.07 Å². The van der Waals surface area contributed by atoms with Gasteiger partial charge in [-0.05, 0) is 18.6 Å². The van der Waals surface area contributed by atoms with Crippen LogP contribution in [-0.4, -0.2) is 77.8 Å². The van der Waals surface area contributed by atoms with Crippen molar-refractivity contribution in [2.24, 2.45) is 0 Å². The standard InChI is InChI=1S/C21H26N4O4/c1-15-11-17(26)12-18(23-15)21(27)25-7-10-29-19(14-24-5-8-28-9-6-24)20(25)16-3-2-4-22-13-16/h2-4,11-13,19-20H,5-10,14H2,1H3,(H,23,26)/t19-,20-/m0/s1. The van der Waals surface area contributed by atoms with E-state index in [1.807, 2.05) is 12.1 Å². The number of nitrogens with one attached hydrogen (secondary N) is 1. The highest BCUT2D eigenvalue weighted by Crippen LogP contribution is 2.31. The van der Waals surface area contributed by atoms with Gasteiger partial charge in [0.1, 0.15) is 5.69 Å². The number of carbonyl (C=O) groups is 1. The van der Waals surface area contributed by atoms with Crippen LogP contribution in [0.5, 0.6) is 0 Å². The number of aromatic nitrogens is 2. The van der Waals surface area contributed by atoms with Gasteiger partial charge in [0.2, 0.25) is 0 Å². The maximum Gasteiger partial charge on any atom is 0.271 e. The molecular formula is C21H26N4O4. The van der Waals surface area contributed by atoms with Crippen molar-refractivity contribution in [1.29, 1.82) is 0 Å². The van der Waals surface area contributed by atoms with Crippen molar-refractivity contribution < 1.29 is 14.3 Å². The number of H-pyrrole nitrogens is 1. The molecule has 2 aliphatic heterocycles. The molecule has 1 N–H and O–H groups in total. The molecule has 0 aliphatic carbocycles. The minimum absolute atomic E-state index is 0.180. The fourth-order valence-electron chi connectivity index (χ4n) is 4.05. The Balaban J connectivity index is 1.65. The van der Waals surface area contributed by atoms with Crippen LogP contribution in [0.4, 0.5) is 0 Å². The fraction of sp³-hybridized carbons (Fsp3) is 0.476. The van der Waals surface area contributed by atoms with E-state index < -0.39 is 0 Å². The smallest absolute Gasteiger partial charge is 0.271 e. The van der Waals surface area contributed by atoms with Crippen LogP contribution in [0.2, 0.25) is 0 Å². The van der Waals surface area contributed by atoms with Crippen LogP contribution in [0, 0.1) is 6.92 Å². The number of carbonyl (C=O) groups excluding carboxylic acids is 1. The summed E-state index contributed by atoms with van der Waals surface area (Å²) in [5, 5.41) is 0. The van der Waals surface area contributed by atoms with Gasteiger partial charge in [0.25, 0.3) is 5.91 Å². The van der Waals surface area contributed by atoms with E-state index in [9.17, 15) is 9.59 Å². The lowest BCUT2D eigenvalue weighted by atomic mass is 9.98. The molecule has 8 heteroatoms. The quantitative estimate of drug-likeness (QED) is 0.827. The molecule has 2 saturated heterocycles. The van der Waals surface area contributed by atoms with Gasteiger partial charge in [0, 0.05) is 56.4 Å². The Bertz CT molecular complexity index is 895. The predicted molar refractivity (Wildman–Crippen MR) is 107 cm³/mol.